The van der Waals surface area contributed by atoms with Crippen molar-refractivity contribution in [3.8, 4) is 0 Å². The minimum absolute atomic E-state index is 0.0237. The summed E-state index contributed by atoms with van der Waals surface area (Å²) in [5, 5.41) is 11.4. The summed E-state index contributed by atoms with van der Waals surface area (Å²) in [6.07, 6.45) is 5.36. The van der Waals surface area contributed by atoms with Crippen molar-refractivity contribution in [2.24, 2.45) is 0 Å². The van der Waals surface area contributed by atoms with Crippen LogP contribution in [0.5, 0.6) is 0 Å². The Morgan fingerprint density at radius 1 is 1.30 bits per heavy atom. The molecule has 2 N–H and O–H groups in total. The highest BCUT2D eigenvalue weighted by Crippen LogP contribution is 2.18. The number of carboxylic acid groups (broad SMARTS) is 1. The lowest BCUT2D eigenvalue weighted by Crippen LogP contribution is -2.32. The summed E-state index contributed by atoms with van der Waals surface area (Å²) in [6, 6.07) is 3.78. The first-order valence-electron chi connectivity index (χ1n) is 7.96. The number of carboxylic acids is 1. The maximum Gasteiger partial charge on any atom is 0.304 e. The number of amides is 1. The Hall–Kier alpha value is -2.15. The number of likely N-dealkylation sites (N-methyl/N-ethyl adjacent to an activating group) is 1. The lowest BCUT2D eigenvalue weighted by Gasteiger charge is -2.27. The lowest BCUT2D eigenvalue weighted by molar-refractivity contribution is -0.137. The van der Waals surface area contributed by atoms with Gasteiger partial charge in [-0.2, -0.15) is 0 Å². The van der Waals surface area contributed by atoms with Crippen molar-refractivity contribution < 1.29 is 14.7 Å². The van der Waals surface area contributed by atoms with Crippen LogP contribution >= 0.6 is 0 Å². The number of aromatic nitrogens is 1. The van der Waals surface area contributed by atoms with Gasteiger partial charge in [-0.1, -0.05) is 0 Å². The fraction of sp³-hybridized carbons (Fsp3) is 0.562. The highest BCUT2D eigenvalue weighted by atomic mass is 16.4. The molecule has 7 nitrogen and oxygen atoms in total. The van der Waals surface area contributed by atoms with E-state index in [0.29, 0.717) is 12.2 Å². The van der Waals surface area contributed by atoms with E-state index in [2.05, 4.69) is 15.2 Å². The lowest BCUT2D eigenvalue weighted by atomic mass is 10.1. The zero-order chi connectivity index (χ0) is 16.7. The van der Waals surface area contributed by atoms with Crippen molar-refractivity contribution >= 4 is 23.4 Å². The van der Waals surface area contributed by atoms with Gasteiger partial charge in [-0.25, -0.2) is 4.98 Å². The van der Waals surface area contributed by atoms with E-state index in [1.54, 1.807) is 18.1 Å². The Bertz CT molecular complexity index is 527. The van der Waals surface area contributed by atoms with Crippen LogP contribution in [0, 0.1) is 0 Å². The molecular weight excluding hydrogens is 296 g/mol. The smallest absolute Gasteiger partial charge is 0.304 e. The minimum atomic E-state index is -0.866. The molecule has 0 aliphatic carbocycles. The number of hydrogen-bond donors (Lipinski definition) is 2. The van der Waals surface area contributed by atoms with Crippen molar-refractivity contribution in [2.75, 3.05) is 43.4 Å². The molecule has 1 saturated heterocycles. The van der Waals surface area contributed by atoms with E-state index in [1.807, 2.05) is 12.1 Å². The molecule has 0 aromatic carbocycles. The van der Waals surface area contributed by atoms with E-state index in [-0.39, 0.29) is 18.9 Å². The summed E-state index contributed by atoms with van der Waals surface area (Å²) in [6.45, 7) is 2.57. The van der Waals surface area contributed by atoms with Crippen molar-refractivity contribution in [3.63, 3.8) is 0 Å². The van der Waals surface area contributed by atoms with Crippen LogP contribution in [0.15, 0.2) is 18.3 Å². The second-order valence-corrected chi connectivity index (χ2v) is 5.88. The van der Waals surface area contributed by atoms with Crippen molar-refractivity contribution in [1.82, 2.24) is 9.88 Å². The number of carbonyl (C=O) groups excluding carboxylic acids is 1. The van der Waals surface area contributed by atoms with Gasteiger partial charge in [0.15, 0.2) is 0 Å². The average Bonchev–Trinajstić information content (AvgIpc) is 2.54. The predicted octanol–water partition coefficient (Wildman–Crippen LogP) is 1.42. The Balaban J connectivity index is 1.80. The maximum atomic E-state index is 11.9. The third-order valence-corrected chi connectivity index (χ3v) is 3.83. The molecule has 1 aromatic rings. The average molecular weight is 320 g/mol. The largest absolute Gasteiger partial charge is 0.481 e. The normalized spacial score (nSPS) is 14.8. The van der Waals surface area contributed by atoms with Gasteiger partial charge >= 0.3 is 5.97 Å². The van der Waals surface area contributed by atoms with Gasteiger partial charge in [0, 0.05) is 19.6 Å². The summed E-state index contributed by atoms with van der Waals surface area (Å²) in [5.74, 6) is -0.0959. The van der Waals surface area contributed by atoms with Gasteiger partial charge in [-0.15, -0.1) is 0 Å². The Kier molecular flexibility index (Phi) is 6.34. The minimum Gasteiger partial charge on any atom is -0.481 e. The number of nitrogens with one attached hydrogen (secondary N) is 1. The summed E-state index contributed by atoms with van der Waals surface area (Å²) >= 11 is 0. The molecule has 2 rings (SSSR count). The predicted molar refractivity (Wildman–Crippen MR) is 88.7 cm³/mol. The van der Waals surface area contributed by atoms with Gasteiger partial charge in [-0.05, 0) is 38.4 Å². The molecule has 1 aliphatic rings. The zero-order valence-electron chi connectivity index (χ0n) is 13.5. The quantitative estimate of drug-likeness (QED) is 0.790. The van der Waals surface area contributed by atoms with E-state index in [1.165, 1.54) is 19.3 Å². The van der Waals surface area contributed by atoms with Crippen LogP contribution in [-0.2, 0) is 9.59 Å². The standard InChI is InChI=1S/C16H24N4O3/c1-19(10-7-16(22)23)12-15(21)18-13-5-6-14(17-11-13)20-8-3-2-4-9-20/h5-6,11H,2-4,7-10,12H2,1H3,(H,18,21)(H,22,23). The van der Waals surface area contributed by atoms with E-state index in [0.717, 1.165) is 18.9 Å². The molecule has 0 unspecified atom stereocenters. The molecular formula is C16H24N4O3. The molecule has 0 radical (unpaired) electrons. The van der Waals surface area contributed by atoms with E-state index in [9.17, 15) is 9.59 Å². The van der Waals surface area contributed by atoms with Gasteiger partial charge in [-0.3, -0.25) is 14.5 Å². The van der Waals surface area contributed by atoms with Crippen LogP contribution in [0.2, 0.25) is 0 Å². The molecule has 2 heterocycles. The van der Waals surface area contributed by atoms with Crippen LogP contribution in [0.4, 0.5) is 11.5 Å². The van der Waals surface area contributed by atoms with E-state index < -0.39 is 5.97 Å². The summed E-state index contributed by atoms with van der Waals surface area (Å²) in [7, 11) is 1.72. The molecule has 1 aromatic heterocycles. The second-order valence-electron chi connectivity index (χ2n) is 5.88. The Morgan fingerprint density at radius 2 is 2.04 bits per heavy atom. The SMILES string of the molecule is CN(CCC(=O)O)CC(=O)Nc1ccc(N2CCCCC2)nc1. The molecule has 1 amide bonds. The summed E-state index contributed by atoms with van der Waals surface area (Å²) < 4.78 is 0. The third-order valence-electron chi connectivity index (χ3n) is 3.83. The number of anilines is 2. The van der Waals surface area contributed by atoms with E-state index in [4.69, 9.17) is 5.11 Å². The number of aliphatic carboxylic acids is 1. The van der Waals surface area contributed by atoms with Gasteiger partial charge < -0.3 is 15.3 Å². The summed E-state index contributed by atoms with van der Waals surface area (Å²) in [5.41, 5.74) is 0.655. The molecule has 1 aliphatic heterocycles. The van der Waals surface area contributed by atoms with Crippen molar-refractivity contribution in [2.45, 2.75) is 25.7 Å². The zero-order valence-corrected chi connectivity index (χ0v) is 13.5. The fourth-order valence-corrected chi connectivity index (χ4v) is 2.58. The Labute approximate surface area is 136 Å². The monoisotopic (exact) mass is 320 g/mol. The van der Waals surface area contributed by atoms with Crippen molar-refractivity contribution in [3.05, 3.63) is 18.3 Å². The van der Waals surface area contributed by atoms with Gasteiger partial charge in [0.1, 0.15) is 5.82 Å². The molecule has 0 spiro atoms. The van der Waals surface area contributed by atoms with E-state index >= 15 is 0 Å². The number of carbonyl (C=O) groups is 2. The van der Waals surface area contributed by atoms with Gasteiger partial charge in [0.25, 0.3) is 0 Å². The number of piperidine rings is 1. The molecule has 0 saturated carbocycles. The van der Waals surface area contributed by atoms with Crippen LogP contribution in [0.3, 0.4) is 0 Å². The molecule has 23 heavy (non-hydrogen) atoms. The van der Waals surface area contributed by atoms with Crippen molar-refractivity contribution in [1.29, 1.82) is 0 Å². The molecule has 1 fully saturated rings. The third kappa shape index (κ3) is 5.86. The van der Waals surface area contributed by atoms with Crippen LogP contribution in [-0.4, -0.2) is 60.1 Å². The Morgan fingerprint density at radius 3 is 2.65 bits per heavy atom. The first-order chi connectivity index (χ1) is 11.0. The van der Waals surface area contributed by atoms with Crippen LogP contribution < -0.4 is 10.2 Å². The van der Waals surface area contributed by atoms with Crippen LogP contribution in [0.25, 0.3) is 0 Å². The number of nitrogens with zero attached hydrogens (tertiary/aromatic N) is 3. The van der Waals surface area contributed by atoms with Gasteiger partial charge in [0.2, 0.25) is 5.91 Å². The maximum absolute atomic E-state index is 11.9. The number of rotatable bonds is 7. The number of pyridine rings is 1. The summed E-state index contributed by atoms with van der Waals surface area (Å²) in [4.78, 5) is 30.8. The first-order valence-corrected chi connectivity index (χ1v) is 7.96. The molecule has 7 heteroatoms. The highest BCUT2D eigenvalue weighted by Gasteiger charge is 2.12. The second kappa shape index (κ2) is 8.47. The number of hydrogen-bond acceptors (Lipinski definition) is 5. The molecule has 0 bridgehead atoms. The van der Waals surface area contributed by atoms with Crippen LogP contribution in [0.1, 0.15) is 25.7 Å². The highest BCUT2D eigenvalue weighted by molar-refractivity contribution is 5.92. The van der Waals surface area contributed by atoms with Gasteiger partial charge in [0.05, 0.1) is 24.8 Å². The first kappa shape index (κ1) is 17.2. The molecule has 0 atom stereocenters. The fourth-order valence-electron chi connectivity index (χ4n) is 2.58. The molecule has 126 valence electrons. The topological polar surface area (TPSA) is 85.8 Å².